The molecule has 6 nitrogen and oxygen atoms in total. The molecule has 1 fully saturated rings. The van der Waals surface area contributed by atoms with E-state index in [1.807, 2.05) is 60.7 Å². The zero-order valence-electron chi connectivity index (χ0n) is 15.8. The summed E-state index contributed by atoms with van der Waals surface area (Å²) in [6, 6.07) is 18.9. The molecule has 2 aromatic carbocycles. The molecule has 0 N–H and O–H groups in total. The van der Waals surface area contributed by atoms with Gasteiger partial charge in [0.05, 0.1) is 5.75 Å². The van der Waals surface area contributed by atoms with Crippen molar-refractivity contribution in [2.45, 2.75) is 5.75 Å². The lowest BCUT2D eigenvalue weighted by Crippen LogP contribution is -2.50. The van der Waals surface area contributed by atoms with Crippen LogP contribution in [0.3, 0.4) is 0 Å². The fourth-order valence-corrected chi connectivity index (χ4v) is 5.61. The smallest absolute Gasteiger partial charge is 0.273 e. The molecule has 0 radical (unpaired) electrons. The van der Waals surface area contributed by atoms with Crippen molar-refractivity contribution < 1.29 is 13.2 Å². The van der Waals surface area contributed by atoms with E-state index in [2.05, 4.69) is 4.98 Å². The minimum Gasteiger partial charge on any atom is -0.335 e. The number of benzene rings is 2. The van der Waals surface area contributed by atoms with Gasteiger partial charge < -0.3 is 4.90 Å². The molecule has 1 aromatic heterocycles. The van der Waals surface area contributed by atoms with E-state index in [-0.39, 0.29) is 11.7 Å². The van der Waals surface area contributed by atoms with Crippen molar-refractivity contribution in [2.24, 2.45) is 0 Å². The lowest BCUT2D eigenvalue weighted by Gasteiger charge is -2.33. The first-order valence-electron chi connectivity index (χ1n) is 9.35. The number of carbonyl (C=O) groups is 1. The van der Waals surface area contributed by atoms with Crippen LogP contribution < -0.4 is 0 Å². The third-order valence-electron chi connectivity index (χ3n) is 4.86. The van der Waals surface area contributed by atoms with Crippen molar-refractivity contribution >= 4 is 27.3 Å². The van der Waals surface area contributed by atoms with E-state index in [4.69, 9.17) is 0 Å². The molecule has 1 amide bonds. The van der Waals surface area contributed by atoms with E-state index in [1.165, 1.54) is 15.6 Å². The zero-order valence-corrected chi connectivity index (χ0v) is 17.4. The maximum atomic E-state index is 12.8. The van der Waals surface area contributed by atoms with Gasteiger partial charge in [0.2, 0.25) is 10.0 Å². The van der Waals surface area contributed by atoms with Crippen molar-refractivity contribution in [1.82, 2.24) is 14.2 Å². The van der Waals surface area contributed by atoms with Gasteiger partial charge in [-0.25, -0.2) is 13.4 Å². The molecule has 1 saturated heterocycles. The number of carbonyl (C=O) groups excluding carboxylic acids is 1. The van der Waals surface area contributed by atoms with Gasteiger partial charge in [-0.3, -0.25) is 4.79 Å². The molecular formula is C21H21N3O3S2. The van der Waals surface area contributed by atoms with Crippen LogP contribution in [0.15, 0.2) is 66.0 Å². The van der Waals surface area contributed by atoms with E-state index in [9.17, 15) is 13.2 Å². The van der Waals surface area contributed by atoms with Gasteiger partial charge >= 0.3 is 0 Å². The third kappa shape index (κ3) is 4.55. The summed E-state index contributed by atoms with van der Waals surface area (Å²) in [7, 11) is -3.40. The molecule has 1 aliphatic rings. The average Bonchev–Trinajstić information content (AvgIpc) is 3.25. The summed E-state index contributed by atoms with van der Waals surface area (Å²) in [6.45, 7) is 1.34. The molecule has 1 aliphatic heterocycles. The Kier molecular flexibility index (Phi) is 5.75. The molecular weight excluding hydrogens is 406 g/mol. The van der Waals surface area contributed by atoms with Gasteiger partial charge in [0, 0.05) is 37.1 Å². The summed E-state index contributed by atoms with van der Waals surface area (Å²) < 4.78 is 26.8. The van der Waals surface area contributed by atoms with Crippen LogP contribution >= 0.6 is 11.3 Å². The summed E-state index contributed by atoms with van der Waals surface area (Å²) in [5, 5.41) is 2.57. The van der Waals surface area contributed by atoms with Crippen LogP contribution in [0.5, 0.6) is 0 Å². The predicted octanol–water partition coefficient (Wildman–Crippen LogP) is 3.10. The highest BCUT2D eigenvalue weighted by molar-refractivity contribution is 7.88. The summed E-state index contributed by atoms with van der Waals surface area (Å²) in [6.07, 6.45) is 0. The highest BCUT2D eigenvalue weighted by Crippen LogP contribution is 2.24. The largest absolute Gasteiger partial charge is 0.335 e. The first-order valence-corrected chi connectivity index (χ1v) is 11.8. The minimum atomic E-state index is -3.40. The Hall–Kier alpha value is -2.55. The first kappa shape index (κ1) is 19.8. The maximum absolute atomic E-state index is 12.8. The molecule has 3 aromatic rings. The van der Waals surface area contributed by atoms with Crippen LogP contribution in [0.25, 0.3) is 10.6 Å². The van der Waals surface area contributed by atoms with E-state index in [1.54, 1.807) is 10.3 Å². The van der Waals surface area contributed by atoms with E-state index < -0.39 is 10.0 Å². The van der Waals surface area contributed by atoms with Crippen molar-refractivity contribution in [3.05, 3.63) is 77.3 Å². The van der Waals surface area contributed by atoms with Gasteiger partial charge in [0.25, 0.3) is 5.91 Å². The molecule has 150 valence electrons. The SMILES string of the molecule is O=C(c1csc(-c2ccccc2)n1)N1CCN(S(=O)(=O)Cc2ccccc2)CC1. The van der Waals surface area contributed by atoms with Gasteiger partial charge in [-0.15, -0.1) is 11.3 Å². The Morgan fingerprint density at radius 3 is 2.21 bits per heavy atom. The van der Waals surface area contributed by atoms with Gasteiger partial charge in [0.1, 0.15) is 10.7 Å². The Morgan fingerprint density at radius 1 is 0.931 bits per heavy atom. The monoisotopic (exact) mass is 427 g/mol. The Bertz CT molecular complexity index is 1070. The van der Waals surface area contributed by atoms with E-state index >= 15 is 0 Å². The van der Waals surface area contributed by atoms with Crippen molar-refractivity contribution in [2.75, 3.05) is 26.2 Å². The molecule has 0 aliphatic carbocycles. The number of amides is 1. The second kappa shape index (κ2) is 8.44. The van der Waals surface area contributed by atoms with Crippen molar-refractivity contribution in [3.63, 3.8) is 0 Å². The molecule has 4 rings (SSSR count). The number of aromatic nitrogens is 1. The molecule has 2 heterocycles. The van der Waals surface area contributed by atoms with Gasteiger partial charge in [0.15, 0.2) is 0 Å². The molecule has 0 unspecified atom stereocenters. The number of nitrogens with zero attached hydrogens (tertiary/aromatic N) is 3. The van der Waals surface area contributed by atoms with Gasteiger partial charge in [-0.05, 0) is 5.56 Å². The fourth-order valence-electron chi connectivity index (χ4n) is 3.29. The number of thiazole rings is 1. The Labute approximate surface area is 174 Å². The topological polar surface area (TPSA) is 70.6 Å². The first-order chi connectivity index (χ1) is 14.0. The van der Waals surface area contributed by atoms with E-state index in [0.717, 1.165) is 16.1 Å². The molecule has 0 saturated carbocycles. The summed E-state index contributed by atoms with van der Waals surface area (Å²) in [5.74, 6) is -0.169. The minimum absolute atomic E-state index is 0.0195. The Balaban J connectivity index is 1.38. The van der Waals surface area contributed by atoms with Gasteiger partial charge in [-0.1, -0.05) is 60.7 Å². The lowest BCUT2D eigenvalue weighted by atomic mass is 10.2. The number of piperazine rings is 1. The second-order valence-electron chi connectivity index (χ2n) is 6.84. The molecule has 0 atom stereocenters. The van der Waals surface area contributed by atoms with Gasteiger partial charge in [-0.2, -0.15) is 4.31 Å². The van der Waals surface area contributed by atoms with Crippen LogP contribution in [-0.4, -0.2) is 54.7 Å². The van der Waals surface area contributed by atoms with Crippen LogP contribution in [0.1, 0.15) is 16.1 Å². The van der Waals surface area contributed by atoms with Crippen molar-refractivity contribution in [1.29, 1.82) is 0 Å². The van der Waals surface area contributed by atoms with Crippen molar-refractivity contribution in [3.8, 4) is 10.6 Å². The lowest BCUT2D eigenvalue weighted by molar-refractivity contribution is 0.0693. The summed E-state index contributed by atoms with van der Waals surface area (Å²) >= 11 is 1.44. The van der Waals surface area contributed by atoms with Crippen LogP contribution in [-0.2, 0) is 15.8 Å². The number of hydrogen-bond acceptors (Lipinski definition) is 5. The maximum Gasteiger partial charge on any atom is 0.273 e. The molecule has 29 heavy (non-hydrogen) atoms. The van der Waals surface area contributed by atoms with Crippen LogP contribution in [0, 0.1) is 0 Å². The fraction of sp³-hybridized carbons (Fsp3) is 0.238. The third-order valence-corrected chi connectivity index (χ3v) is 7.60. The predicted molar refractivity (Wildman–Crippen MR) is 114 cm³/mol. The standard InChI is InChI=1S/C21H21N3O3S2/c25-21(19-15-28-20(22-19)18-9-5-2-6-10-18)23-11-13-24(14-12-23)29(26,27)16-17-7-3-1-4-8-17/h1-10,15H,11-14,16H2. The number of hydrogen-bond donors (Lipinski definition) is 0. The quantitative estimate of drug-likeness (QED) is 0.627. The van der Waals surface area contributed by atoms with E-state index in [0.29, 0.717) is 31.9 Å². The van der Waals surface area contributed by atoms with Crippen LogP contribution in [0.4, 0.5) is 0 Å². The van der Waals surface area contributed by atoms with Crippen LogP contribution in [0.2, 0.25) is 0 Å². The zero-order chi connectivity index (χ0) is 20.3. The highest BCUT2D eigenvalue weighted by atomic mass is 32.2. The highest BCUT2D eigenvalue weighted by Gasteiger charge is 2.30. The summed E-state index contributed by atoms with van der Waals surface area (Å²) in [4.78, 5) is 18.9. The average molecular weight is 428 g/mol. The second-order valence-corrected chi connectivity index (χ2v) is 9.66. The Morgan fingerprint density at radius 2 is 1.55 bits per heavy atom. The molecule has 0 bridgehead atoms. The molecule has 0 spiro atoms. The number of rotatable bonds is 5. The molecule has 8 heteroatoms. The number of sulfonamides is 1. The normalized spacial score (nSPS) is 15.4. The summed E-state index contributed by atoms with van der Waals surface area (Å²) in [5.41, 5.74) is 2.16.